The van der Waals surface area contributed by atoms with Crippen LogP contribution in [0, 0.1) is 17.2 Å². The van der Waals surface area contributed by atoms with Crippen LogP contribution in [-0.2, 0) is 20.6 Å². The second kappa shape index (κ2) is 13.0. The molecular weight excluding hydrogens is 521 g/mol. The summed E-state index contributed by atoms with van der Waals surface area (Å²) in [6, 6.07) is 4.38. The highest BCUT2D eigenvalue weighted by Crippen LogP contribution is 2.37. The lowest BCUT2D eigenvalue weighted by Gasteiger charge is -2.37. The number of carbonyl (C=O) groups is 3. The average molecular weight is 559 g/mol. The van der Waals surface area contributed by atoms with Gasteiger partial charge >= 0.3 is 6.18 Å². The van der Waals surface area contributed by atoms with Crippen molar-refractivity contribution in [2.24, 2.45) is 5.92 Å². The lowest BCUT2D eigenvalue weighted by Crippen LogP contribution is -2.50. The summed E-state index contributed by atoms with van der Waals surface area (Å²) < 4.78 is 40.2. The molecule has 1 saturated heterocycles. The van der Waals surface area contributed by atoms with Crippen LogP contribution in [0.4, 0.5) is 18.9 Å². The van der Waals surface area contributed by atoms with E-state index in [4.69, 9.17) is 5.26 Å². The van der Waals surface area contributed by atoms with Gasteiger partial charge in [-0.2, -0.15) is 18.4 Å². The number of halogens is 3. The largest absolute Gasteiger partial charge is 0.417 e. The smallest absolute Gasteiger partial charge is 0.340 e. The Morgan fingerprint density at radius 2 is 1.65 bits per heavy atom. The van der Waals surface area contributed by atoms with Crippen molar-refractivity contribution in [3.8, 4) is 6.07 Å². The number of anilines is 1. The first-order valence-electron chi connectivity index (χ1n) is 14.3. The molecule has 0 N–H and O–H groups in total. The quantitative estimate of drug-likeness (QED) is 0.298. The van der Waals surface area contributed by atoms with E-state index in [0.29, 0.717) is 30.4 Å². The molecule has 7 nitrogen and oxygen atoms in total. The minimum atomic E-state index is -4.78. The van der Waals surface area contributed by atoms with Gasteiger partial charge < -0.3 is 4.90 Å². The van der Waals surface area contributed by atoms with E-state index in [2.05, 4.69) is 4.90 Å². The molecule has 0 bridgehead atoms. The third-order valence-corrected chi connectivity index (χ3v) is 8.41. The minimum Gasteiger partial charge on any atom is -0.340 e. The van der Waals surface area contributed by atoms with E-state index in [1.54, 1.807) is 0 Å². The Labute approximate surface area is 233 Å². The molecule has 4 rings (SSSR count). The van der Waals surface area contributed by atoms with Gasteiger partial charge in [0, 0.05) is 43.2 Å². The number of amides is 3. The third kappa shape index (κ3) is 6.74. The molecule has 3 aliphatic rings. The number of benzene rings is 1. The Morgan fingerprint density at radius 1 is 0.975 bits per heavy atom. The van der Waals surface area contributed by atoms with Crippen LogP contribution in [0.15, 0.2) is 29.3 Å². The molecule has 1 saturated carbocycles. The van der Waals surface area contributed by atoms with Crippen molar-refractivity contribution >= 4 is 23.4 Å². The lowest BCUT2D eigenvalue weighted by molar-refractivity contribution is -0.138. The summed E-state index contributed by atoms with van der Waals surface area (Å²) in [5, 5.41) is 9.01. The topological polar surface area (TPSA) is 84.7 Å². The number of hydrogen-bond donors (Lipinski definition) is 0. The van der Waals surface area contributed by atoms with Crippen LogP contribution in [-0.4, -0.2) is 60.2 Å². The Kier molecular flexibility index (Phi) is 9.67. The van der Waals surface area contributed by atoms with Crippen LogP contribution in [0.25, 0.3) is 0 Å². The predicted molar refractivity (Wildman–Crippen MR) is 144 cm³/mol. The Balaban J connectivity index is 1.19. The van der Waals surface area contributed by atoms with Crippen molar-refractivity contribution in [1.29, 1.82) is 5.26 Å². The summed E-state index contributed by atoms with van der Waals surface area (Å²) in [5.74, 6) is -0.669. The molecule has 2 aliphatic heterocycles. The zero-order valence-electron chi connectivity index (χ0n) is 23.1. The first-order chi connectivity index (χ1) is 19.1. The highest BCUT2D eigenvalue weighted by Gasteiger charge is 2.39. The molecule has 2 fully saturated rings. The Morgan fingerprint density at radius 3 is 2.30 bits per heavy atom. The standard InChI is InChI=1S/C30H37F3N4O3/c1-21-25(29(40)37(27(21)38)24-13-12-23(20-34)26(19-24)30(31,32)33)11-7-2-3-8-14-35-15-17-36(18-16-35)28(39)22-9-5-4-6-10-22/h12-13,19,22H,2-11,14-18H2,1H3. The van der Waals surface area contributed by atoms with Crippen molar-refractivity contribution in [2.45, 2.75) is 77.3 Å². The van der Waals surface area contributed by atoms with Gasteiger partial charge in [-0.05, 0) is 63.8 Å². The molecule has 1 aromatic carbocycles. The summed E-state index contributed by atoms with van der Waals surface area (Å²) in [6.07, 6.45) is 4.76. The molecule has 1 aromatic rings. The number of nitrogens with zero attached hydrogens (tertiary/aromatic N) is 4. The van der Waals surface area contributed by atoms with Crippen LogP contribution < -0.4 is 4.90 Å². The zero-order chi connectivity index (χ0) is 28.9. The zero-order valence-corrected chi connectivity index (χ0v) is 23.1. The van der Waals surface area contributed by atoms with E-state index in [1.165, 1.54) is 25.5 Å². The number of imide groups is 1. The fourth-order valence-electron chi connectivity index (χ4n) is 6.01. The molecular formula is C30H37F3N4O3. The number of rotatable bonds is 9. The van der Waals surface area contributed by atoms with Gasteiger partial charge in [0.1, 0.15) is 0 Å². The fraction of sp³-hybridized carbons (Fsp3) is 0.600. The number of alkyl halides is 3. The van der Waals surface area contributed by atoms with E-state index in [-0.39, 0.29) is 17.2 Å². The van der Waals surface area contributed by atoms with E-state index < -0.39 is 29.1 Å². The highest BCUT2D eigenvalue weighted by molar-refractivity contribution is 6.32. The highest BCUT2D eigenvalue weighted by atomic mass is 19.4. The first kappa shape index (κ1) is 29.8. The van der Waals surface area contributed by atoms with Gasteiger partial charge in [0.15, 0.2) is 0 Å². The van der Waals surface area contributed by atoms with Gasteiger partial charge in [0.05, 0.1) is 22.9 Å². The van der Waals surface area contributed by atoms with Gasteiger partial charge in [-0.25, -0.2) is 4.90 Å². The van der Waals surface area contributed by atoms with E-state index in [1.807, 2.05) is 4.90 Å². The molecule has 0 atom stereocenters. The van der Waals surface area contributed by atoms with Crippen molar-refractivity contribution in [3.63, 3.8) is 0 Å². The maximum Gasteiger partial charge on any atom is 0.417 e. The van der Waals surface area contributed by atoms with Crippen LogP contribution in [0.3, 0.4) is 0 Å². The second-order valence-electron chi connectivity index (χ2n) is 11.1. The molecule has 3 amide bonds. The van der Waals surface area contributed by atoms with Crippen LogP contribution >= 0.6 is 0 Å². The van der Waals surface area contributed by atoms with Crippen LogP contribution in [0.1, 0.15) is 82.3 Å². The van der Waals surface area contributed by atoms with Gasteiger partial charge in [0.25, 0.3) is 11.8 Å². The summed E-state index contributed by atoms with van der Waals surface area (Å²) in [6.45, 7) is 5.85. The summed E-state index contributed by atoms with van der Waals surface area (Å²) >= 11 is 0. The number of hydrogen-bond acceptors (Lipinski definition) is 5. The summed E-state index contributed by atoms with van der Waals surface area (Å²) in [5.41, 5.74) is -1.33. The van der Waals surface area contributed by atoms with Crippen LogP contribution in [0.5, 0.6) is 0 Å². The van der Waals surface area contributed by atoms with Gasteiger partial charge in [-0.15, -0.1) is 0 Å². The molecule has 0 aromatic heterocycles. The number of piperazine rings is 1. The molecule has 2 heterocycles. The second-order valence-corrected chi connectivity index (χ2v) is 11.1. The monoisotopic (exact) mass is 558 g/mol. The lowest BCUT2D eigenvalue weighted by atomic mass is 9.88. The van der Waals surface area contributed by atoms with E-state index in [9.17, 15) is 27.6 Å². The molecule has 10 heteroatoms. The molecule has 0 unspecified atom stereocenters. The van der Waals surface area contributed by atoms with E-state index in [0.717, 1.165) is 88.6 Å². The number of nitriles is 1. The average Bonchev–Trinajstić information content (AvgIpc) is 3.17. The molecule has 216 valence electrons. The Hall–Kier alpha value is -3.19. The van der Waals surface area contributed by atoms with Crippen molar-refractivity contribution in [1.82, 2.24) is 9.80 Å². The SMILES string of the molecule is CC1=C(CCCCCCN2CCN(C(=O)C3CCCCC3)CC2)C(=O)N(c2ccc(C#N)c(C(F)(F)F)c2)C1=O. The summed E-state index contributed by atoms with van der Waals surface area (Å²) in [7, 11) is 0. The molecule has 0 radical (unpaired) electrons. The maximum atomic E-state index is 13.4. The normalized spacial score (nSPS) is 19.5. The van der Waals surface area contributed by atoms with Crippen LogP contribution in [0.2, 0.25) is 0 Å². The Bertz CT molecular complexity index is 1190. The molecule has 0 spiro atoms. The van der Waals surface area contributed by atoms with Crippen molar-refractivity contribution in [3.05, 3.63) is 40.5 Å². The van der Waals surface area contributed by atoms with Gasteiger partial charge in [-0.3, -0.25) is 19.3 Å². The third-order valence-electron chi connectivity index (χ3n) is 8.41. The molecule has 40 heavy (non-hydrogen) atoms. The molecule has 1 aliphatic carbocycles. The number of carbonyl (C=O) groups excluding carboxylic acids is 3. The fourth-order valence-corrected chi connectivity index (χ4v) is 6.01. The van der Waals surface area contributed by atoms with E-state index >= 15 is 0 Å². The predicted octanol–water partition coefficient (Wildman–Crippen LogP) is 5.44. The first-order valence-corrected chi connectivity index (χ1v) is 14.3. The van der Waals surface area contributed by atoms with Gasteiger partial charge in [-0.1, -0.05) is 32.1 Å². The summed E-state index contributed by atoms with van der Waals surface area (Å²) in [4.78, 5) is 43.7. The maximum absolute atomic E-state index is 13.4. The van der Waals surface area contributed by atoms with Crippen molar-refractivity contribution < 1.29 is 27.6 Å². The van der Waals surface area contributed by atoms with Gasteiger partial charge in [0.2, 0.25) is 5.91 Å². The van der Waals surface area contributed by atoms with Crippen molar-refractivity contribution in [2.75, 3.05) is 37.6 Å². The minimum absolute atomic E-state index is 0.184. The number of unbranched alkanes of at least 4 members (excludes halogenated alkanes) is 3.